The van der Waals surface area contributed by atoms with Gasteiger partial charge in [0.05, 0.1) is 11.1 Å². The molecule has 0 radical (unpaired) electrons. The second-order valence-corrected chi connectivity index (χ2v) is 9.08. The SMILES string of the molecule is CNS(=O)(=O)c1ccc2c(c1)N(Cc1cn[nH]c1C(C)(C)C)CC2. The van der Waals surface area contributed by atoms with Crippen molar-refractivity contribution in [1.29, 1.82) is 0 Å². The van der Waals surface area contributed by atoms with Crippen molar-refractivity contribution in [1.82, 2.24) is 14.9 Å². The molecule has 2 heterocycles. The van der Waals surface area contributed by atoms with E-state index in [1.165, 1.54) is 12.6 Å². The van der Waals surface area contributed by atoms with E-state index >= 15 is 0 Å². The Hall–Kier alpha value is -1.86. The fourth-order valence-electron chi connectivity index (χ4n) is 3.16. The van der Waals surface area contributed by atoms with Gasteiger partial charge in [0.15, 0.2) is 0 Å². The molecule has 3 rings (SSSR count). The quantitative estimate of drug-likeness (QED) is 0.888. The number of H-pyrrole nitrogens is 1. The maximum absolute atomic E-state index is 12.1. The second kappa shape index (κ2) is 5.89. The van der Waals surface area contributed by atoms with Crippen molar-refractivity contribution < 1.29 is 8.42 Å². The fraction of sp³-hybridized carbons (Fsp3) is 0.471. The minimum absolute atomic E-state index is 0.00823. The molecule has 0 saturated heterocycles. The second-order valence-electron chi connectivity index (χ2n) is 7.19. The van der Waals surface area contributed by atoms with E-state index in [-0.39, 0.29) is 5.41 Å². The van der Waals surface area contributed by atoms with Crippen LogP contribution in [0, 0.1) is 0 Å². The summed E-state index contributed by atoms with van der Waals surface area (Å²) in [4.78, 5) is 2.53. The third-order valence-corrected chi connectivity index (χ3v) is 5.87. The number of fused-ring (bicyclic) bond motifs is 1. The molecule has 0 aliphatic carbocycles. The maximum atomic E-state index is 12.1. The molecular weight excluding hydrogens is 324 g/mol. The fourth-order valence-corrected chi connectivity index (χ4v) is 3.91. The van der Waals surface area contributed by atoms with Crippen molar-refractivity contribution in [2.75, 3.05) is 18.5 Å². The molecule has 6 nitrogen and oxygen atoms in total. The van der Waals surface area contributed by atoms with E-state index in [1.54, 1.807) is 12.1 Å². The van der Waals surface area contributed by atoms with Crippen LogP contribution in [0.15, 0.2) is 29.3 Å². The zero-order valence-corrected chi connectivity index (χ0v) is 15.4. The van der Waals surface area contributed by atoms with Gasteiger partial charge in [-0.25, -0.2) is 13.1 Å². The summed E-state index contributed by atoms with van der Waals surface area (Å²) < 4.78 is 26.5. The number of nitrogens with one attached hydrogen (secondary N) is 2. The molecule has 0 amide bonds. The number of rotatable bonds is 4. The molecule has 0 unspecified atom stereocenters. The summed E-state index contributed by atoms with van der Waals surface area (Å²) in [5.74, 6) is 0. The van der Waals surface area contributed by atoms with E-state index in [4.69, 9.17) is 0 Å². The van der Waals surface area contributed by atoms with Crippen LogP contribution in [0.5, 0.6) is 0 Å². The number of aromatic nitrogens is 2. The van der Waals surface area contributed by atoms with Crippen LogP contribution in [0.4, 0.5) is 5.69 Å². The van der Waals surface area contributed by atoms with Crippen LogP contribution < -0.4 is 9.62 Å². The molecule has 1 aromatic heterocycles. The van der Waals surface area contributed by atoms with Gasteiger partial charge in [0, 0.05) is 35.4 Å². The molecule has 0 saturated carbocycles. The topological polar surface area (TPSA) is 78.1 Å². The highest BCUT2D eigenvalue weighted by Crippen LogP contribution is 2.33. The Kier molecular flexibility index (Phi) is 4.17. The molecule has 2 aromatic rings. The summed E-state index contributed by atoms with van der Waals surface area (Å²) >= 11 is 0. The Bertz CT molecular complexity index is 850. The Morgan fingerprint density at radius 3 is 2.75 bits per heavy atom. The number of nitrogens with zero attached hydrogens (tertiary/aromatic N) is 2. The van der Waals surface area contributed by atoms with Gasteiger partial charge in [-0.05, 0) is 31.2 Å². The van der Waals surface area contributed by atoms with Gasteiger partial charge >= 0.3 is 0 Å². The van der Waals surface area contributed by atoms with Crippen LogP contribution in [0.1, 0.15) is 37.6 Å². The first kappa shape index (κ1) is 17.0. The largest absolute Gasteiger partial charge is 0.366 e. The first-order valence-electron chi connectivity index (χ1n) is 8.06. The van der Waals surface area contributed by atoms with Crippen molar-refractivity contribution in [3.05, 3.63) is 41.2 Å². The minimum Gasteiger partial charge on any atom is -0.366 e. The van der Waals surface area contributed by atoms with Gasteiger partial charge in [-0.2, -0.15) is 5.10 Å². The lowest BCUT2D eigenvalue weighted by Gasteiger charge is -2.23. The van der Waals surface area contributed by atoms with E-state index < -0.39 is 10.0 Å². The average molecular weight is 348 g/mol. The molecule has 0 atom stereocenters. The summed E-state index contributed by atoms with van der Waals surface area (Å²) in [5, 5.41) is 7.30. The summed E-state index contributed by atoms with van der Waals surface area (Å²) in [6, 6.07) is 5.36. The van der Waals surface area contributed by atoms with Crippen molar-refractivity contribution in [3.8, 4) is 0 Å². The Morgan fingerprint density at radius 1 is 1.33 bits per heavy atom. The number of benzene rings is 1. The van der Waals surface area contributed by atoms with Gasteiger partial charge in [-0.1, -0.05) is 26.8 Å². The Morgan fingerprint density at radius 2 is 2.08 bits per heavy atom. The van der Waals surface area contributed by atoms with Crippen molar-refractivity contribution in [3.63, 3.8) is 0 Å². The lowest BCUT2D eigenvalue weighted by molar-refractivity contribution is 0.559. The summed E-state index contributed by atoms with van der Waals surface area (Å²) in [7, 11) is -2.00. The summed E-state index contributed by atoms with van der Waals surface area (Å²) in [5.41, 5.74) is 4.44. The van der Waals surface area contributed by atoms with Crippen LogP contribution >= 0.6 is 0 Å². The third-order valence-electron chi connectivity index (χ3n) is 4.46. The molecule has 0 bridgehead atoms. The maximum Gasteiger partial charge on any atom is 0.240 e. The smallest absolute Gasteiger partial charge is 0.240 e. The zero-order chi connectivity index (χ0) is 17.5. The van der Waals surface area contributed by atoms with Crippen LogP contribution in [0.2, 0.25) is 0 Å². The summed E-state index contributed by atoms with van der Waals surface area (Å²) in [6.07, 6.45) is 2.80. The van der Waals surface area contributed by atoms with Crippen molar-refractivity contribution in [2.45, 2.75) is 44.0 Å². The van der Waals surface area contributed by atoms with E-state index in [2.05, 4.69) is 40.6 Å². The van der Waals surface area contributed by atoms with Crippen LogP contribution in [0.25, 0.3) is 0 Å². The molecule has 1 aliphatic rings. The Labute approximate surface area is 143 Å². The molecule has 130 valence electrons. The van der Waals surface area contributed by atoms with E-state index in [1.807, 2.05) is 12.3 Å². The van der Waals surface area contributed by atoms with Gasteiger partial charge in [0.25, 0.3) is 0 Å². The summed E-state index contributed by atoms with van der Waals surface area (Å²) in [6.45, 7) is 8.06. The Balaban J connectivity index is 1.93. The standard InChI is InChI=1S/C17H24N4O2S/c1-17(2,3)16-13(10-19-20-16)11-21-8-7-12-5-6-14(9-15(12)21)24(22,23)18-4/h5-6,9-10,18H,7-8,11H2,1-4H3,(H,19,20). The van der Waals surface area contributed by atoms with Gasteiger partial charge in [0.1, 0.15) is 0 Å². The molecule has 7 heteroatoms. The monoisotopic (exact) mass is 348 g/mol. The molecular formula is C17H24N4O2S. The molecule has 1 aromatic carbocycles. The normalized spacial score (nSPS) is 14.9. The van der Waals surface area contributed by atoms with E-state index in [9.17, 15) is 8.42 Å². The molecule has 0 spiro atoms. The average Bonchev–Trinajstić information content (AvgIpc) is 3.14. The first-order valence-corrected chi connectivity index (χ1v) is 9.55. The van der Waals surface area contributed by atoms with Crippen LogP contribution in [0.3, 0.4) is 0 Å². The van der Waals surface area contributed by atoms with Crippen LogP contribution in [-0.4, -0.2) is 32.2 Å². The predicted molar refractivity (Wildman–Crippen MR) is 94.7 cm³/mol. The molecule has 1 aliphatic heterocycles. The highest BCUT2D eigenvalue weighted by molar-refractivity contribution is 7.89. The number of hydrogen-bond donors (Lipinski definition) is 2. The third kappa shape index (κ3) is 3.06. The molecule has 2 N–H and O–H groups in total. The minimum atomic E-state index is -3.43. The number of hydrogen-bond acceptors (Lipinski definition) is 4. The van der Waals surface area contributed by atoms with Gasteiger partial charge in [-0.3, -0.25) is 5.10 Å². The zero-order valence-electron chi connectivity index (χ0n) is 14.5. The number of aromatic amines is 1. The lowest BCUT2D eigenvalue weighted by atomic mass is 9.89. The predicted octanol–water partition coefficient (Wildman–Crippen LogP) is 2.18. The van der Waals surface area contributed by atoms with Gasteiger partial charge < -0.3 is 4.90 Å². The molecule has 0 fully saturated rings. The van der Waals surface area contributed by atoms with Crippen molar-refractivity contribution >= 4 is 15.7 Å². The lowest BCUT2D eigenvalue weighted by Crippen LogP contribution is -2.23. The highest BCUT2D eigenvalue weighted by atomic mass is 32.2. The van der Waals surface area contributed by atoms with E-state index in [0.717, 1.165) is 36.5 Å². The molecule has 24 heavy (non-hydrogen) atoms. The number of anilines is 1. The number of sulfonamides is 1. The van der Waals surface area contributed by atoms with Crippen LogP contribution in [-0.2, 0) is 28.4 Å². The van der Waals surface area contributed by atoms with E-state index in [0.29, 0.717) is 4.90 Å². The van der Waals surface area contributed by atoms with Gasteiger partial charge in [0.2, 0.25) is 10.0 Å². The van der Waals surface area contributed by atoms with Crippen molar-refractivity contribution in [2.24, 2.45) is 0 Å². The highest BCUT2D eigenvalue weighted by Gasteiger charge is 2.26. The first-order chi connectivity index (χ1) is 11.2. The van der Waals surface area contributed by atoms with Gasteiger partial charge in [-0.15, -0.1) is 0 Å².